The molecule has 96 valence electrons. The summed E-state index contributed by atoms with van der Waals surface area (Å²) in [4.78, 5) is 4.23. The molecule has 0 atom stereocenters. The second-order valence-electron chi connectivity index (χ2n) is 4.93. The van der Waals surface area contributed by atoms with Crippen molar-refractivity contribution >= 4 is 0 Å². The van der Waals surface area contributed by atoms with E-state index in [1.807, 2.05) is 26.4 Å². The minimum Gasteiger partial charge on any atom is -0.361 e. The molecule has 0 aromatic carbocycles. The maximum atomic E-state index is 5.15. The molecular weight excluding hydrogens is 228 g/mol. The molecule has 0 unspecified atom stereocenters. The summed E-state index contributed by atoms with van der Waals surface area (Å²) in [6.45, 7) is 5.55. The Bertz CT molecular complexity index is 519. The van der Waals surface area contributed by atoms with Crippen molar-refractivity contribution in [2.45, 2.75) is 45.8 Å². The van der Waals surface area contributed by atoms with Gasteiger partial charge >= 0.3 is 0 Å². The number of nitrogens with one attached hydrogen (secondary N) is 1. The lowest BCUT2D eigenvalue weighted by atomic mass is 10.2. The van der Waals surface area contributed by atoms with Gasteiger partial charge in [0, 0.05) is 30.9 Å². The Morgan fingerprint density at radius 3 is 2.89 bits per heavy atom. The summed E-state index contributed by atoms with van der Waals surface area (Å²) < 4.78 is 7.43. The summed E-state index contributed by atoms with van der Waals surface area (Å²) in [7, 11) is 0. The zero-order chi connectivity index (χ0) is 12.5. The molecule has 0 saturated heterocycles. The molecule has 5 heteroatoms. The fraction of sp³-hybridized carbons (Fsp3) is 0.538. The Balaban J connectivity index is 1.60. The van der Waals surface area contributed by atoms with Crippen molar-refractivity contribution in [2.75, 3.05) is 0 Å². The van der Waals surface area contributed by atoms with Gasteiger partial charge in [-0.1, -0.05) is 5.16 Å². The van der Waals surface area contributed by atoms with Crippen LogP contribution in [0.5, 0.6) is 0 Å². The fourth-order valence-electron chi connectivity index (χ4n) is 2.22. The van der Waals surface area contributed by atoms with Gasteiger partial charge in [-0.3, -0.25) is 0 Å². The van der Waals surface area contributed by atoms with E-state index in [1.54, 1.807) is 0 Å². The number of imidazole rings is 1. The molecule has 0 aliphatic heterocycles. The zero-order valence-electron chi connectivity index (χ0n) is 10.8. The van der Waals surface area contributed by atoms with E-state index >= 15 is 0 Å². The van der Waals surface area contributed by atoms with Crippen LogP contribution in [-0.4, -0.2) is 14.7 Å². The maximum absolute atomic E-state index is 5.15. The van der Waals surface area contributed by atoms with E-state index in [0.717, 1.165) is 30.1 Å². The van der Waals surface area contributed by atoms with Crippen LogP contribution >= 0.6 is 0 Å². The minimum atomic E-state index is 0.684. The van der Waals surface area contributed by atoms with Crippen molar-refractivity contribution in [2.24, 2.45) is 0 Å². The number of hydrogen-bond acceptors (Lipinski definition) is 4. The summed E-state index contributed by atoms with van der Waals surface area (Å²) in [5.74, 6) is 0.899. The summed E-state index contributed by atoms with van der Waals surface area (Å²) >= 11 is 0. The van der Waals surface area contributed by atoms with Gasteiger partial charge in [-0.15, -0.1) is 0 Å². The monoisotopic (exact) mass is 246 g/mol. The Kier molecular flexibility index (Phi) is 2.91. The molecule has 3 rings (SSSR count). The highest BCUT2D eigenvalue weighted by atomic mass is 16.5. The lowest BCUT2D eigenvalue weighted by Crippen LogP contribution is -2.16. The Morgan fingerprint density at radius 2 is 2.22 bits per heavy atom. The molecule has 1 aliphatic rings. The first-order chi connectivity index (χ1) is 8.75. The molecule has 2 heterocycles. The van der Waals surface area contributed by atoms with Gasteiger partial charge in [-0.2, -0.15) is 0 Å². The van der Waals surface area contributed by atoms with Crippen LogP contribution < -0.4 is 5.32 Å². The van der Waals surface area contributed by atoms with Crippen molar-refractivity contribution < 1.29 is 4.52 Å². The SMILES string of the molecule is Cc1noc(C)c1CNCc1cncn1C1CC1. The normalized spacial score (nSPS) is 15.2. The molecule has 5 nitrogen and oxygen atoms in total. The van der Waals surface area contributed by atoms with Crippen LogP contribution in [0.15, 0.2) is 17.0 Å². The first kappa shape index (κ1) is 11.5. The first-order valence-electron chi connectivity index (χ1n) is 6.39. The summed E-state index contributed by atoms with van der Waals surface area (Å²) in [6.07, 6.45) is 6.45. The van der Waals surface area contributed by atoms with Crippen molar-refractivity contribution in [3.05, 3.63) is 35.2 Å². The Morgan fingerprint density at radius 1 is 1.39 bits per heavy atom. The van der Waals surface area contributed by atoms with Crippen LogP contribution in [-0.2, 0) is 13.1 Å². The molecule has 0 amide bonds. The highest BCUT2D eigenvalue weighted by Gasteiger charge is 2.24. The number of rotatable bonds is 5. The predicted molar refractivity (Wildman–Crippen MR) is 67.0 cm³/mol. The third kappa shape index (κ3) is 2.18. The van der Waals surface area contributed by atoms with Crippen molar-refractivity contribution in [1.29, 1.82) is 0 Å². The average Bonchev–Trinajstić information content (AvgIpc) is 3.03. The highest BCUT2D eigenvalue weighted by molar-refractivity contribution is 5.20. The number of hydrogen-bond donors (Lipinski definition) is 1. The van der Waals surface area contributed by atoms with Gasteiger partial charge in [0.15, 0.2) is 0 Å². The van der Waals surface area contributed by atoms with Crippen LogP contribution in [0.2, 0.25) is 0 Å². The van der Waals surface area contributed by atoms with Crippen molar-refractivity contribution in [3.8, 4) is 0 Å². The average molecular weight is 246 g/mol. The van der Waals surface area contributed by atoms with Gasteiger partial charge < -0.3 is 14.4 Å². The molecular formula is C13H18N4O. The third-order valence-corrected chi connectivity index (χ3v) is 3.48. The summed E-state index contributed by atoms with van der Waals surface area (Å²) in [5, 5.41) is 7.39. The molecule has 18 heavy (non-hydrogen) atoms. The second-order valence-corrected chi connectivity index (χ2v) is 4.93. The van der Waals surface area contributed by atoms with E-state index in [1.165, 1.54) is 18.5 Å². The van der Waals surface area contributed by atoms with E-state index in [0.29, 0.717) is 6.04 Å². The first-order valence-corrected chi connectivity index (χ1v) is 6.39. The van der Waals surface area contributed by atoms with Crippen LogP contribution in [0.1, 0.15) is 41.6 Å². The third-order valence-electron chi connectivity index (χ3n) is 3.48. The van der Waals surface area contributed by atoms with E-state index in [9.17, 15) is 0 Å². The molecule has 2 aromatic rings. The van der Waals surface area contributed by atoms with E-state index in [4.69, 9.17) is 4.52 Å². The predicted octanol–water partition coefficient (Wildman–Crippen LogP) is 2.11. The van der Waals surface area contributed by atoms with E-state index < -0.39 is 0 Å². The molecule has 2 aromatic heterocycles. The van der Waals surface area contributed by atoms with Gasteiger partial charge in [-0.05, 0) is 26.7 Å². The minimum absolute atomic E-state index is 0.684. The van der Waals surface area contributed by atoms with Crippen LogP contribution in [0.4, 0.5) is 0 Å². The largest absolute Gasteiger partial charge is 0.361 e. The number of aromatic nitrogens is 3. The highest BCUT2D eigenvalue weighted by Crippen LogP contribution is 2.35. The maximum Gasteiger partial charge on any atom is 0.138 e. The van der Waals surface area contributed by atoms with Gasteiger partial charge in [-0.25, -0.2) is 4.98 Å². The molecule has 0 bridgehead atoms. The Labute approximate surface area is 106 Å². The Hall–Kier alpha value is -1.62. The van der Waals surface area contributed by atoms with E-state index in [2.05, 4.69) is 20.0 Å². The molecule has 1 saturated carbocycles. The van der Waals surface area contributed by atoms with Crippen molar-refractivity contribution in [1.82, 2.24) is 20.0 Å². The smallest absolute Gasteiger partial charge is 0.138 e. The quantitative estimate of drug-likeness (QED) is 0.878. The van der Waals surface area contributed by atoms with Gasteiger partial charge in [0.25, 0.3) is 0 Å². The number of aryl methyl sites for hydroxylation is 2. The van der Waals surface area contributed by atoms with Crippen LogP contribution in [0.25, 0.3) is 0 Å². The number of nitrogens with zero attached hydrogens (tertiary/aromatic N) is 3. The standard InChI is InChI=1S/C13H18N4O/c1-9-13(10(2)18-16-9)7-14-5-12-6-15-8-17(12)11-3-4-11/h6,8,11,14H,3-5,7H2,1-2H3. The molecule has 1 aliphatic carbocycles. The fourth-order valence-corrected chi connectivity index (χ4v) is 2.22. The van der Waals surface area contributed by atoms with Crippen LogP contribution in [0.3, 0.4) is 0 Å². The zero-order valence-corrected chi connectivity index (χ0v) is 10.8. The molecule has 1 N–H and O–H groups in total. The summed E-state index contributed by atoms with van der Waals surface area (Å²) in [5.41, 5.74) is 3.38. The van der Waals surface area contributed by atoms with Crippen molar-refractivity contribution in [3.63, 3.8) is 0 Å². The van der Waals surface area contributed by atoms with Gasteiger partial charge in [0.05, 0.1) is 17.7 Å². The topological polar surface area (TPSA) is 55.9 Å². The lowest BCUT2D eigenvalue weighted by molar-refractivity contribution is 0.391. The molecule has 1 fully saturated rings. The van der Waals surface area contributed by atoms with Crippen LogP contribution in [0, 0.1) is 13.8 Å². The van der Waals surface area contributed by atoms with Gasteiger partial charge in [0.1, 0.15) is 5.76 Å². The van der Waals surface area contributed by atoms with E-state index in [-0.39, 0.29) is 0 Å². The second kappa shape index (κ2) is 4.57. The molecule has 0 radical (unpaired) electrons. The van der Waals surface area contributed by atoms with Gasteiger partial charge in [0.2, 0.25) is 0 Å². The molecule has 0 spiro atoms. The lowest BCUT2D eigenvalue weighted by Gasteiger charge is -2.07. The summed E-state index contributed by atoms with van der Waals surface area (Å²) in [6, 6.07) is 0.684.